The highest BCUT2D eigenvalue weighted by Crippen LogP contribution is 2.20. The number of carbonyl (C=O) groups excluding carboxylic acids is 2. The lowest BCUT2D eigenvalue weighted by atomic mass is 10.2. The van der Waals surface area contributed by atoms with E-state index >= 15 is 0 Å². The summed E-state index contributed by atoms with van der Waals surface area (Å²) in [6.07, 6.45) is 0. The Bertz CT molecular complexity index is 463. The number of nitrogens with one attached hydrogen (secondary N) is 3. The van der Waals surface area contributed by atoms with Crippen LogP contribution in [0.2, 0.25) is 0 Å². The molecule has 98 valence electrons. The Kier molecular flexibility index (Phi) is 5.39. The highest BCUT2D eigenvalue weighted by Gasteiger charge is 2.15. The number of hydrogen-bond donors (Lipinski definition) is 3. The third kappa shape index (κ3) is 3.86. The maximum atomic E-state index is 11.7. The number of urea groups is 1. The molecule has 18 heavy (non-hydrogen) atoms. The van der Waals surface area contributed by atoms with Crippen molar-refractivity contribution >= 4 is 40.2 Å². The average molecular weight is 361 g/mol. The summed E-state index contributed by atoms with van der Waals surface area (Å²) in [5.74, 6) is -0.368. The van der Waals surface area contributed by atoms with Gasteiger partial charge in [0.1, 0.15) is 6.04 Å². The van der Waals surface area contributed by atoms with Gasteiger partial charge < -0.3 is 10.6 Å². The maximum Gasteiger partial charge on any atom is 0.321 e. The molecule has 6 heteroatoms. The van der Waals surface area contributed by atoms with Crippen LogP contribution in [-0.4, -0.2) is 25.0 Å². The molecule has 0 heterocycles. The van der Waals surface area contributed by atoms with E-state index in [2.05, 4.69) is 38.5 Å². The predicted molar refractivity (Wildman–Crippen MR) is 79.6 cm³/mol. The van der Waals surface area contributed by atoms with E-state index in [1.807, 2.05) is 25.1 Å². The minimum absolute atomic E-state index is 0.368. The summed E-state index contributed by atoms with van der Waals surface area (Å²) in [4.78, 5) is 22.7. The van der Waals surface area contributed by atoms with Gasteiger partial charge in [-0.1, -0.05) is 6.07 Å². The smallest absolute Gasteiger partial charge is 0.321 e. The second-order valence-corrected chi connectivity index (χ2v) is 5.01. The zero-order valence-electron chi connectivity index (χ0n) is 10.5. The van der Waals surface area contributed by atoms with Gasteiger partial charge in [-0.05, 0) is 54.1 Å². The van der Waals surface area contributed by atoms with Crippen LogP contribution in [0.5, 0.6) is 0 Å². The van der Waals surface area contributed by atoms with Crippen LogP contribution in [0, 0.1) is 10.5 Å². The Morgan fingerprint density at radius 1 is 1.33 bits per heavy atom. The third-order valence-corrected chi connectivity index (χ3v) is 3.67. The van der Waals surface area contributed by atoms with Gasteiger partial charge in [0.25, 0.3) is 0 Å². The van der Waals surface area contributed by atoms with Gasteiger partial charge in [0, 0.05) is 16.3 Å². The zero-order valence-corrected chi connectivity index (χ0v) is 12.7. The summed E-state index contributed by atoms with van der Waals surface area (Å²) in [6, 6.07) is 4.82. The number of amides is 3. The number of hydrogen-bond acceptors (Lipinski definition) is 3. The van der Waals surface area contributed by atoms with Crippen LogP contribution in [0.1, 0.15) is 12.5 Å². The predicted octanol–water partition coefficient (Wildman–Crippen LogP) is 1.86. The minimum Gasteiger partial charge on any atom is -0.374 e. The maximum absolute atomic E-state index is 11.7. The standard InChI is InChI=1S/C12H16IN3O2/c1-7-9(13)5-4-6-10(7)15-8(2)11(17)16-12(18)14-3/h4-6,8,15H,1-3H3,(H2,14,16,17,18). The SMILES string of the molecule is CNC(=O)NC(=O)C(C)Nc1cccc(I)c1C. The zero-order chi connectivity index (χ0) is 13.7. The molecule has 0 saturated carbocycles. The van der Waals surface area contributed by atoms with Crippen LogP contribution < -0.4 is 16.0 Å². The molecular weight excluding hydrogens is 345 g/mol. The van der Waals surface area contributed by atoms with Crippen molar-refractivity contribution in [2.75, 3.05) is 12.4 Å². The molecule has 0 aliphatic rings. The van der Waals surface area contributed by atoms with Gasteiger partial charge in [0.2, 0.25) is 5.91 Å². The molecule has 1 aromatic carbocycles. The molecule has 0 aliphatic heterocycles. The van der Waals surface area contributed by atoms with Crippen molar-refractivity contribution in [2.45, 2.75) is 19.9 Å². The molecule has 0 bridgehead atoms. The highest BCUT2D eigenvalue weighted by molar-refractivity contribution is 14.1. The molecule has 3 N–H and O–H groups in total. The Hall–Kier alpha value is -1.31. The van der Waals surface area contributed by atoms with Gasteiger partial charge in [-0.25, -0.2) is 4.79 Å². The Balaban J connectivity index is 2.69. The fourth-order valence-electron chi connectivity index (χ4n) is 1.35. The molecule has 5 nitrogen and oxygen atoms in total. The lowest BCUT2D eigenvalue weighted by Crippen LogP contribution is -2.44. The average Bonchev–Trinajstić information content (AvgIpc) is 2.34. The van der Waals surface area contributed by atoms with Gasteiger partial charge in [0.15, 0.2) is 0 Å². The van der Waals surface area contributed by atoms with Crippen LogP contribution in [-0.2, 0) is 4.79 Å². The fourth-order valence-corrected chi connectivity index (χ4v) is 1.84. The first-order chi connectivity index (χ1) is 8.45. The molecule has 1 unspecified atom stereocenters. The number of carbonyl (C=O) groups is 2. The molecule has 1 aromatic rings. The fraction of sp³-hybridized carbons (Fsp3) is 0.333. The topological polar surface area (TPSA) is 70.2 Å². The van der Waals surface area contributed by atoms with E-state index in [0.29, 0.717) is 0 Å². The number of rotatable bonds is 3. The molecular formula is C12H16IN3O2. The normalized spacial score (nSPS) is 11.6. The van der Waals surface area contributed by atoms with Crippen LogP contribution >= 0.6 is 22.6 Å². The summed E-state index contributed by atoms with van der Waals surface area (Å²) in [6.45, 7) is 3.69. The number of benzene rings is 1. The van der Waals surface area contributed by atoms with Gasteiger partial charge in [-0.3, -0.25) is 10.1 Å². The number of imide groups is 1. The molecule has 0 aliphatic carbocycles. The van der Waals surface area contributed by atoms with Gasteiger partial charge in [0.05, 0.1) is 0 Å². The monoisotopic (exact) mass is 361 g/mol. The van der Waals surface area contributed by atoms with Crippen molar-refractivity contribution < 1.29 is 9.59 Å². The lowest BCUT2D eigenvalue weighted by Gasteiger charge is -2.16. The van der Waals surface area contributed by atoms with Crippen LogP contribution in [0.15, 0.2) is 18.2 Å². The van der Waals surface area contributed by atoms with E-state index in [0.717, 1.165) is 14.8 Å². The van der Waals surface area contributed by atoms with Crippen molar-refractivity contribution in [3.05, 3.63) is 27.3 Å². The highest BCUT2D eigenvalue weighted by atomic mass is 127. The molecule has 1 rings (SSSR count). The van der Waals surface area contributed by atoms with Crippen LogP contribution in [0.25, 0.3) is 0 Å². The van der Waals surface area contributed by atoms with E-state index in [1.165, 1.54) is 7.05 Å². The molecule has 1 atom stereocenters. The first-order valence-electron chi connectivity index (χ1n) is 5.50. The summed E-state index contributed by atoms with van der Waals surface area (Å²) in [7, 11) is 1.46. The third-order valence-electron chi connectivity index (χ3n) is 2.50. The second kappa shape index (κ2) is 6.58. The molecule has 0 fully saturated rings. The number of anilines is 1. The van der Waals surface area contributed by atoms with E-state index in [-0.39, 0.29) is 5.91 Å². The second-order valence-electron chi connectivity index (χ2n) is 3.85. The summed E-state index contributed by atoms with van der Waals surface area (Å²) in [5, 5.41) is 7.65. The van der Waals surface area contributed by atoms with E-state index in [4.69, 9.17) is 0 Å². The summed E-state index contributed by atoms with van der Waals surface area (Å²) < 4.78 is 1.12. The molecule has 0 spiro atoms. The quantitative estimate of drug-likeness (QED) is 0.720. The van der Waals surface area contributed by atoms with E-state index in [9.17, 15) is 9.59 Å². The Labute approximate surface area is 120 Å². The first kappa shape index (κ1) is 14.7. The molecule has 0 radical (unpaired) electrons. The van der Waals surface area contributed by atoms with Gasteiger partial charge >= 0.3 is 6.03 Å². The molecule has 0 aromatic heterocycles. The van der Waals surface area contributed by atoms with Gasteiger partial charge in [-0.2, -0.15) is 0 Å². The van der Waals surface area contributed by atoms with Gasteiger partial charge in [-0.15, -0.1) is 0 Å². The largest absolute Gasteiger partial charge is 0.374 e. The first-order valence-corrected chi connectivity index (χ1v) is 6.57. The van der Waals surface area contributed by atoms with Crippen molar-refractivity contribution in [1.29, 1.82) is 0 Å². The lowest BCUT2D eigenvalue weighted by molar-refractivity contribution is -0.120. The van der Waals surface area contributed by atoms with Crippen molar-refractivity contribution in [1.82, 2.24) is 10.6 Å². The minimum atomic E-state index is -0.506. The summed E-state index contributed by atoms with van der Waals surface area (Å²) in [5.41, 5.74) is 1.97. The number of halogens is 1. The van der Waals surface area contributed by atoms with Crippen LogP contribution in [0.3, 0.4) is 0 Å². The Morgan fingerprint density at radius 3 is 2.61 bits per heavy atom. The van der Waals surface area contributed by atoms with Crippen molar-refractivity contribution in [2.24, 2.45) is 0 Å². The molecule has 0 saturated heterocycles. The Morgan fingerprint density at radius 2 is 2.00 bits per heavy atom. The van der Waals surface area contributed by atoms with Crippen molar-refractivity contribution in [3.8, 4) is 0 Å². The van der Waals surface area contributed by atoms with Crippen LogP contribution in [0.4, 0.5) is 10.5 Å². The van der Waals surface area contributed by atoms with Crippen molar-refractivity contribution in [3.63, 3.8) is 0 Å². The van der Waals surface area contributed by atoms with E-state index in [1.54, 1.807) is 6.92 Å². The van der Waals surface area contributed by atoms with E-state index < -0.39 is 12.1 Å². The molecule has 3 amide bonds. The summed E-state index contributed by atoms with van der Waals surface area (Å²) >= 11 is 2.24.